The Kier molecular flexibility index (Phi) is 3.14. The molecule has 0 spiro atoms. The van der Waals surface area contributed by atoms with Crippen molar-refractivity contribution in [3.63, 3.8) is 0 Å². The molecule has 0 fully saturated rings. The van der Waals surface area contributed by atoms with Gasteiger partial charge in [-0.25, -0.2) is 9.37 Å². The lowest BCUT2D eigenvalue weighted by Crippen LogP contribution is -1.90. The molecule has 0 aliphatic carbocycles. The molecule has 0 atom stereocenters. The van der Waals surface area contributed by atoms with E-state index in [1.54, 1.807) is 19.4 Å². The van der Waals surface area contributed by atoms with Crippen LogP contribution in [-0.4, -0.2) is 17.1 Å². The molecule has 0 amide bonds. The van der Waals surface area contributed by atoms with E-state index in [1.807, 2.05) is 12.1 Å². The maximum atomic E-state index is 13.5. The minimum absolute atomic E-state index is 0.286. The van der Waals surface area contributed by atoms with Gasteiger partial charge in [-0.05, 0) is 58.5 Å². The number of nitrogens with one attached hydrogen (secondary N) is 1. The minimum atomic E-state index is -0.286. The predicted octanol–water partition coefficient (Wildman–Crippen LogP) is 3.98. The third-order valence-electron chi connectivity index (χ3n) is 2.95. The van der Waals surface area contributed by atoms with Gasteiger partial charge in [0.1, 0.15) is 17.2 Å². The number of pyridine rings is 1. The predicted molar refractivity (Wildman–Crippen MR) is 80.8 cm³/mol. The van der Waals surface area contributed by atoms with Crippen LogP contribution in [0.2, 0.25) is 0 Å². The zero-order chi connectivity index (χ0) is 13.4. The molecule has 3 nitrogen and oxygen atoms in total. The van der Waals surface area contributed by atoms with E-state index in [-0.39, 0.29) is 5.82 Å². The Morgan fingerprint density at radius 2 is 2.05 bits per heavy atom. The van der Waals surface area contributed by atoms with E-state index >= 15 is 0 Å². The van der Waals surface area contributed by atoms with Crippen LogP contribution in [-0.2, 0) is 0 Å². The molecule has 0 aliphatic heterocycles. The van der Waals surface area contributed by atoms with Gasteiger partial charge in [-0.3, -0.25) is 0 Å². The molecule has 1 N–H and O–H groups in total. The summed E-state index contributed by atoms with van der Waals surface area (Å²) in [6.45, 7) is 0. The molecule has 3 aromatic rings. The van der Waals surface area contributed by atoms with Crippen molar-refractivity contribution in [2.75, 3.05) is 7.11 Å². The Bertz CT molecular complexity index is 754. The Morgan fingerprint density at radius 1 is 1.21 bits per heavy atom. The fourth-order valence-corrected chi connectivity index (χ4v) is 2.69. The van der Waals surface area contributed by atoms with Crippen LogP contribution in [0.1, 0.15) is 0 Å². The Hall–Kier alpha value is -1.63. The smallest absolute Gasteiger partial charge is 0.138 e. The van der Waals surface area contributed by atoms with E-state index in [0.717, 1.165) is 25.9 Å². The molecule has 0 radical (unpaired) electrons. The first-order valence-electron chi connectivity index (χ1n) is 5.66. The van der Waals surface area contributed by atoms with Crippen molar-refractivity contribution >= 4 is 33.6 Å². The van der Waals surface area contributed by atoms with E-state index in [1.165, 1.54) is 12.1 Å². The van der Waals surface area contributed by atoms with E-state index in [2.05, 4.69) is 32.6 Å². The first-order valence-corrected chi connectivity index (χ1v) is 6.74. The van der Waals surface area contributed by atoms with Crippen LogP contribution in [0.15, 0.2) is 36.5 Å². The summed E-state index contributed by atoms with van der Waals surface area (Å²) in [5, 5.41) is 0.954. The van der Waals surface area contributed by atoms with Crippen LogP contribution in [0, 0.1) is 9.52 Å². The first kappa shape index (κ1) is 12.4. The van der Waals surface area contributed by atoms with Crippen LogP contribution < -0.4 is 4.74 Å². The van der Waals surface area contributed by atoms with Crippen LogP contribution in [0.5, 0.6) is 5.75 Å². The molecular weight excluding hydrogens is 358 g/mol. The van der Waals surface area contributed by atoms with Crippen molar-refractivity contribution < 1.29 is 9.13 Å². The molecule has 0 bridgehead atoms. The molecule has 0 aliphatic rings. The summed E-state index contributed by atoms with van der Waals surface area (Å²) in [4.78, 5) is 7.43. The highest BCUT2D eigenvalue weighted by atomic mass is 127. The summed E-state index contributed by atoms with van der Waals surface area (Å²) in [5.74, 6) is 0.358. The lowest BCUT2D eigenvalue weighted by atomic mass is 10.0. The highest BCUT2D eigenvalue weighted by molar-refractivity contribution is 14.1. The van der Waals surface area contributed by atoms with Crippen molar-refractivity contribution in [2.45, 2.75) is 0 Å². The highest BCUT2D eigenvalue weighted by Crippen LogP contribution is 2.35. The van der Waals surface area contributed by atoms with Gasteiger partial charge in [0.15, 0.2) is 0 Å². The van der Waals surface area contributed by atoms with Crippen molar-refractivity contribution in [2.24, 2.45) is 0 Å². The monoisotopic (exact) mass is 368 g/mol. The lowest BCUT2D eigenvalue weighted by molar-refractivity contribution is 0.415. The molecule has 96 valence electrons. The quantitative estimate of drug-likeness (QED) is 0.695. The number of hydrogen-bond donors (Lipinski definition) is 1. The van der Waals surface area contributed by atoms with Gasteiger partial charge in [0, 0.05) is 17.1 Å². The number of hydrogen-bond acceptors (Lipinski definition) is 2. The van der Waals surface area contributed by atoms with Gasteiger partial charge in [0.05, 0.1) is 10.8 Å². The fraction of sp³-hybridized carbons (Fsp3) is 0.0714. The van der Waals surface area contributed by atoms with E-state index in [4.69, 9.17) is 4.74 Å². The second-order valence-corrected chi connectivity index (χ2v) is 5.24. The summed E-state index contributed by atoms with van der Waals surface area (Å²) in [7, 11) is 1.58. The minimum Gasteiger partial charge on any atom is -0.496 e. The van der Waals surface area contributed by atoms with Crippen molar-refractivity contribution in [3.8, 4) is 16.9 Å². The molecule has 0 saturated carbocycles. The van der Waals surface area contributed by atoms with Crippen molar-refractivity contribution in [3.05, 3.63) is 46.0 Å². The van der Waals surface area contributed by atoms with Gasteiger partial charge >= 0.3 is 0 Å². The summed E-state index contributed by atoms with van der Waals surface area (Å²) in [6.07, 6.45) is 1.70. The highest BCUT2D eigenvalue weighted by Gasteiger charge is 2.12. The molecule has 5 heteroatoms. The van der Waals surface area contributed by atoms with Gasteiger partial charge in [-0.2, -0.15) is 0 Å². The average molecular weight is 368 g/mol. The second kappa shape index (κ2) is 4.80. The lowest BCUT2D eigenvalue weighted by Gasteiger charge is -2.09. The zero-order valence-electron chi connectivity index (χ0n) is 10.1. The van der Waals surface area contributed by atoms with Crippen molar-refractivity contribution in [1.82, 2.24) is 9.97 Å². The molecule has 1 aromatic carbocycles. The van der Waals surface area contributed by atoms with Crippen LogP contribution in [0.25, 0.3) is 22.2 Å². The summed E-state index contributed by atoms with van der Waals surface area (Å²) < 4.78 is 19.8. The molecule has 3 rings (SSSR count). The normalized spacial score (nSPS) is 10.9. The number of halogens is 2. The van der Waals surface area contributed by atoms with Gasteiger partial charge < -0.3 is 9.72 Å². The average Bonchev–Trinajstić information content (AvgIpc) is 2.78. The van der Waals surface area contributed by atoms with Crippen LogP contribution >= 0.6 is 22.6 Å². The number of methoxy groups -OCH3 is 1. The Balaban J connectivity index is 2.32. The Labute approximate surface area is 123 Å². The summed E-state index contributed by atoms with van der Waals surface area (Å²) >= 11 is 2.19. The topological polar surface area (TPSA) is 37.9 Å². The fourth-order valence-electron chi connectivity index (χ4n) is 2.12. The van der Waals surface area contributed by atoms with Crippen molar-refractivity contribution in [1.29, 1.82) is 0 Å². The van der Waals surface area contributed by atoms with Crippen LogP contribution in [0.3, 0.4) is 0 Å². The Morgan fingerprint density at radius 3 is 2.84 bits per heavy atom. The number of fused-ring (bicyclic) bond motifs is 1. The first-order chi connectivity index (χ1) is 9.19. The zero-order valence-corrected chi connectivity index (χ0v) is 12.2. The van der Waals surface area contributed by atoms with E-state index in [9.17, 15) is 4.39 Å². The molecule has 2 aromatic heterocycles. The molecule has 0 unspecified atom stereocenters. The third-order valence-corrected chi connectivity index (χ3v) is 3.53. The number of aromatic amines is 1. The molecule has 2 heterocycles. The molecule has 19 heavy (non-hydrogen) atoms. The number of ether oxygens (including phenoxy) is 1. The summed E-state index contributed by atoms with van der Waals surface area (Å²) in [5.41, 5.74) is 2.42. The van der Waals surface area contributed by atoms with Gasteiger partial charge in [0.25, 0.3) is 0 Å². The number of aromatic nitrogens is 2. The SMILES string of the molecule is COc1ccc(F)cc1-c1ccnc2[nH]c(I)cc12. The molecular formula is C14H10FIN2O. The summed E-state index contributed by atoms with van der Waals surface area (Å²) in [6, 6.07) is 8.36. The standard InChI is InChI=1S/C14H10FIN2O/c1-19-12-3-2-8(15)6-10(12)9-4-5-17-14-11(9)7-13(16)18-14/h2-7H,1H3,(H,17,18). The van der Waals surface area contributed by atoms with Crippen LogP contribution in [0.4, 0.5) is 4.39 Å². The number of H-pyrrole nitrogens is 1. The number of benzene rings is 1. The maximum Gasteiger partial charge on any atom is 0.138 e. The van der Waals surface area contributed by atoms with E-state index in [0.29, 0.717) is 5.75 Å². The van der Waals surface area contributed by atoms with Gasteiger partial charge in [-0.1, -0.05) is 0 Å². The largest absolute Gasteiger partial charge is 0.496 e. The molecule has 0 saturated heterocycles. The third kappa shape index (κ3) is 2.18. The van der Waals surface area contributed by atoms with Gasteiger partial charge in [0.2, 0.25) is 0 Å². The number of nitrogens with zero attached hydrogens (tertiary/aromatic N) is 1. The second-order valence-electron chi connectivity index (χ2n) is 4.08. The maximum absolute atomic E-state index is 13.5. The van der Waals surface area contributed by atoms with E-state index < -0.39 is 0 Å². The van der Waals surface area contributed by atoms with Gasteiger partial charge in [-0.15, -0.1) is 0 Å². The number of rotatable bonds is 2.